The first kappa shape index (κ1) is 15.0. The molecule has 3 heteroatoms. The molecule has 1 aromatic rings. The first-order chi connectivity index (χ1) is 10.3. The minimum Gasteiger partial charge on any atom is -0.371 e. The lowest BCUT2D eigenvalue weighted by molar-refractivity contribution is -0.00916. The first-order valence-corrected chi connectivity index (χ1v) is 8.49. The minimum atomic E-state index is 0.112. The maximum absolute atomic E-state index is 6.14. The Bertz CT molecular complexity index is 462. The van der Waals surface area contributed by atoms with Crippen LogP contribution in [-0.2, 0) is 11.2 Å². The Kier molecular flexibility index (Phi) is 4.94. The number of hydrogen-bond donors (Lipinski definition) is 2. The normalized spacial score (nSPS) is 30.7. The molecular weight excluding hydrogens is 260 g/mol. The number of rotatable bonds is 4. The third-order valence-electron chi connectivity index (χ3n) is 5.46. The Hall–Kier alpha value is -0.900. The van der Waals surface area contributed by atoms with E-state index in [-0.39, 0.29) is 12.1 Å². The summed E-state index contributed by atoms with van der Waals surface area (Å²) in [5.41, 5.74) is 5.87. The maximum atomic E-state index is 6.14. The second-order valence-electron chi connectivity index (χ2n) is 6.63. The quantitative estimate of drug-likeness (QED) is 0.660. The van der Waals surface area contributed by atoms with Crippen molar-refractivity contribution in [3.05, 3.63) is 35.4 Å². The molecule has 0 radical (unpaired) electrons. The van der Waals surface area contributed by atoms with Crippen LogP contribution in [0.4, 0.5) is 0 Å². The highest BCUT2D eigenvalue weighted by molar-refractivity contribution is 5.32. The molecule has 3 nitrogen and oxygen atoms in total. The number of nitrogens with one attached hydrogen (secondary N) is 1. The van der Waals surface area contributed by atoms with E-state index in [4.69, 9.17) is 10.6 Å². The number of fused-ring (bicyclic) bond motifs is 1. The van der Waals surface area contributed by atoms with Gasteiger partial charge in [0.05, 0.1) is 18.8 Å². The van der Waals surface area contributed by atoms with Crippen LogP contribution in [0.1, 0.15) is 56.3 Å². The summed E-state index contributed by atoms with van der Waals surface area (Å²) in [6, 6.07) is 8.92. The monoisotopic (exact) mass is 288 g/mol. The molecule has 0 aromatic heterocycles. The van der Waals surface area contributed by atoms with Crippen LogP contribution in [0.25, 0.3) is 0 Å². The molecule has 0 bridgehead atoms. The van der Waals surface area contributed by atoms with Crippen LogP contribution >= 0.6 is 0 Å². The summed E-state index contributed by atoms with van der Waals surface area (Å²) < 4.78 is 6.14. The average molecular weight is 288 g/mol. The molecule has 2 aliphatic rings. The van der Waals surface area contributed by atoms with Gasteiger partial charge in [-0.25, -0.2) is 0 Å². The first-order valence-electron chi connectivity index (χ1n) is 8.49. The van der Waals surface area contributed by atoms with Crippen LogP contribution in [0.15, 0.2) is 24.3 Å². The van der Waals surface area contributed by atoms with Gasteiger partial charge in [0.15, 0.2) is 0 Å². The second-order valence-corrected chi connectivity index (χ2v) is 6.63. The molecule has 116 valence electrons. The third-order valence-corrected chi connectivity index (χ3v) is 5.46. The standard InChI is InChI=1S/C18H28N2O/c1-2-13-6-5-8-15(12-13)17(20-19)18-16-9-4-3-7-14(16)10-11-21-18/h3-4,7,9,13,15,17-18,20H,2,5-6,8,10-12,19H2,1H3. The zero-order valence-corrected chi connectivity index (χ0v) is 13.1. The average Bonchev–Trinajstić information content (AvgIpc) is 2.56. The highest BCUT2D eigenvalue weighted by atomic mass is 16.5. The van der Waals surface area contributed by atoms with Crippen molar-refractivity contribution in [3.8, 4) is 0 Å². The fourth-order valence-corrected chi connectivity index (χ4v) is 4.22. The van der Waals surface area contributed by atoms with Crippen molar-refractivity contribution in [2.75, 3.05) is 6.61 Å². The summed E-state index contributed by atoms with van der Waals surface area (Å²) in [7, 11) is 0. The Morgan fingerprint density at radius 1 is 1.33 bits per heavy atom. The molecule has 1 aliphatic heterocycles. The molecule has 1 heterocycles. The summed E-state index contributed by atoms with van der Waals surface area (Å²) >= 11 is 0. The van der Waals surface area contributed by atoms with Crippen molar-refractivity contribution in [3.63, 3.8) is 0 Å². The van der Waals surface area contributed by atoms with Crippen molar-refractivity contribution < 1.29 is 4.74 Å². The van der Waals surface area contributed by atoms with Gasteiger partial charge in [0.2, 0.25) is 0 Å². The Morgan fingerprint density at radius 3 is 3.00 bits per heavy atom. The molecule has 4 atom stereocenters. The van der Waals surface area contributed by atoms with Gasteiger partial charge >= 0.3 is 0 Å². The van der Waals surface area contributed by atoms with E-state index in [9.17, 15) is 0 Å². The van der Waals surface area contributed by atoms with Gasteiger partial charge in [-0.1, -0.05) is 50.5 Å². The van der Waals surface area contributed by atoms with E-state index in [1.807, 2.05) is 0 Å². The van der Waals surface area contributed by atoms with Crippen LogP contribution < -0.4 is 11.3 Å². The summed E-state index contributed by atoms with van der Waals surface area (Å²) in [5, 5.41) is 0. The molecule has 3 rings (SSSR count). The van der Waals surface area contributed by atoms with E-state index in [2.05, 4.69) is 36.6 Å². The van der Waals surface area contributed by atoms with Gasteiger partial charge in [0.25, 0.3) is 0 Å². The Morgan fingerprint density at radius 2 is 2.19 bits per heavy atom. The molecule has 21 heavy (non-hydrogen) atoms. The van der Waals surface area contributed by atoms with Gasteiger partial charge in [0, 0.05) is 0 Å². The molecule has 0 amide bonds. The Labute approximate surface area is 128 Å². The lowest BCUT2D eigenvalue weighted by Gasteiger charge is -2.40. The lowest BCUT2D eigenvalue weighted by Crippen LogP contribution is -2.48. The molecule has 1 fully saturated rings. The van der Waals surface area contributed by atoms with Gasteiger partial charge in [-0.3, -0.25) is 11.3 Å². The largest absolute Gasteiger partial charge is 0.371 e. The Balaban J connectivity index is 1.80. The summed E-state index contributed by atoms with van der Waals surface area (Å²) in [6.45, 7) is 3.12. The highest BCUT2D eigenvalue weighted by Gasteiger charge is 2.35. The summed E-state index contributed by atoms with van der Waals surface area (Å²) in [6.07, 6.45) is 7.69. The molecule has 1 saturated carbocycles. The van der Waals surface area contributed by atoms with Crippen LogP contribution in [0.5, 0.6) is 0 Å². The fourth-order valence-electron chi connectivity index (χ4n) is 4.22. The smallest absolute Gasteiger partial charge is 0.0996 e. The van der Waals surface area contributed by atoms with Crippen molar-refractivity contribution in [2.24, 2.45) is 17.7 Å². The third kappa shape index (κ3) is 3.15. The van der Waals surface area contributed by atoms with Crippen LogP contribution in [-0.4, -0.2) is 12.6 Å². The van der Waals surface area contributed by atoms with Crippen LogP contribution in [0.3, 0.4) is 0 Å². The zero-order valence-electron chi connectivity index (χ0n) is 13.1. The number of hydrogen-bond acceptors (Lipinski definition) is 3. The predicted octanol–water partition coefficient (Wildman–Crippen LogP) is 3.35. The van der Waals surface area contributed by atoms with Gasteiger partial charge in [-0.05, 0) is 42.2 Å². The predicted molar refractivity (Wildman–Crippen MR) is 85.7 cm³/mol. The summed E-state index contributed by atoms with van der Waals surface area (Å²) in [4.78, 5) is 0. The van der Waals surface area contributed by atoms with E-state index in [0.29, 0.717) is 5.92 Å². The second kappa shape index (κ2) is 6.91. The van der Waals surface area contributed by atoms with Gasteiger partial charge in [-0.15, -0.1) is 0 Å². The van der Waals surface area contributed by atoms with Crippen molar-refractivity contribution in [1.82, 2.24) is 5.43 Å². The molecule has 0 spiro atoms. The SMILES string of the molecule is CCC1CCCC(C(NN)C2OCCc3ccccc32)C1. The molecule has 3 N–H and O–H groups in total. The van der Waals surface area contributed by atoms with Crippen LogP contribution in [0, 0.1) is 11.8 Å². The molecular formula is C18H28N2O. The number of ether oxygens (including phenoxy) is 1. The highest BCUT2D eigenvalue weighted by Crippen LogP contribution is 2.39. The number of benzene rings is 1. The molecule has 4 unspecified atom stereocenters. The minimum absolute atomic E-state index is 0.112. The maximum Gasteiger partial charge on any atom is 0.0996 e. The van der Waals surface area contributed by atoms with E-state index in [1.54, 1.807) is 0 Å². The van der Waals surface area contributed by atoms with E-state index >= 15 is 0 Å². The fraction of sp³-hybridized carbons (Fsp3) is 0.667. The van der Waals surface area contributed by atoms with Crippen molar-refractivity contribution in [2.45, 2.75) is 57.6 Å². The zero-order chi connectivity index (χ0) is 14.7. The van der Waals surface area contributed by atoms with Gasteiger partial charge in [0.1, 0.15) is 0 Å². The molecule has 0 saturated heterocycles. The van der Waals surface area contributed by atoms with Crippen molar-refractivity contribution >= 4 is 0 Å². The number of hydrazine groups is 1. The topological polar surface area (TPSA) is 47.3 Å². The van der Waals surface area contributed by atoms with E-state index in [1.165, 1.54) is 43.2 Å². The summed E-state index contributed by atoms with van der Waals surface area (Å²) in [5.74, 6) is 7.44. The van der Waals surface area contributed by atoms with Crippen molar-refractivity contribution in [1.29, 1.82) is 0 Å². The van der Waals surface area contributed by atoms with Crippen LogP contribution in [0.2, 0.25) is 0 Å². The molecule has 1 aromatic carbocycles. The van der Waals surface area contributed by atoms with E-state index in [0.717, 1.165) is 18.9 Å². The van der Waals surface area contributed by atoms with Gasteiger partial charge in [-0.2, -0.15) is 0 Å². The lowest BCUT2D eigenvalue weighted by atomic mass is 9.74. The molecule has 1 aliphatic carbocycles. The van der Waals surface area contributed by atoms with Gasteiger partial charge < -0.3 is 4.74 Å². The van der Waals surface area contributed by atoms with E-state index < -0.39 is 0 Å². The number of nitrogens with two attached hydrogens (primary N) is 1.